The molecule has 0 aromatic heterocycles. The van der Waals surface area contributed by atoms with Crippen molar-refractivity contribution in [3.8, 4) is 5.75 Å². The molecule has 6 nitrogen and oxygen atoms in total. The molecule has 2 rings (SSSR count). The summed E-state index contributed by atoms with van der Waals surface area (Å²) in [6.07, 6.45) is 3.41. The van der Waals surface area contributed by atoms with E-state index in [2.05, 4.69) is 44.0 Å². The first-order valence-corrected chi connectivity index (χ1v) is 10.1. The summed E-state index contributed by atoms with van der Waals surface area (Å²) >= 11 is 0.504. The molecule has 0 bridgehead atoms. The van der Waals surface area contributed by atoms with Crippen LogP contribution in [0.15, 0.2) is 0 Å². The molecule has 1 aliphatic rings. The average Bonchev–Trinajstić information content (AvgIpc) is 2.61. The minimum absolute atomic E-state index is 0. The van der Waals surface area contributed by atoms with E-state index in [9.17, 15) is 5.26 Å². The largest absolute Gasteiger partial charge is 1.00 e. The van der Waals surface area contributed by atoms with Gasteiger partial charge in [-0.2, -0.15) is 0 Å². The van der Waals surface area contributed by atoms with E-state index in [4.69, 9.17) is 13.4 Å². The second-order valence-corrected chi connectivity index (χ2v) is 7.84. The van der Waals surface area contributed by atoms with E-state index in [1.54, 1.807) is 0 Å². The van der Waals surface area contributed by atoms with Crippen LogP contribution in [0.3, 0.4) is 0 Å². The summed E-state index contributed by atoms with van der Waals surface area (Å²) in [4.78, 5) is 0. The van der Waals surface area contributed by atoms with Gasteiger partial charge in [0.15, 0.2) is 12.3 Å². The molecule has 1 aromatic rings. The molecule has 9 heteroatoms. The Morgan fingerprint density at radius 1 is 1.23 bits per heavy atom. The van der Waals surface area contributed by atoms with Gasteiger partial charge in [0.2, 0.25) is 0 Å². The van der Waals surface area contributed by atoms with Gasteiger partial charge in [0.25, 0.3) is 0 Å². The Labute approximate surface area is 204 Å². The van der Waals surface area contributed by atoms with Gasteiger partial charge in [0.05, 0.1) is 6.61 Å². The first-order valence-electron chi connectivity index (χ1n) is 8.33. The van der Waals surface area contributed by atoms with E-state index in [-0.39, 0.29) is 65.8 Å². The minimum Gasteiger partial charge on any atom is -0.691 e. The van der Waals surface area contributed by atoms with Gasteiger partial charge in [-0.15, -0.1) is 4.33 Å². The topological polar surface area (TPSA) is 69.2 Å². The fourth-order valence-corrected chi connectivity index (χ4v) is 3.87. The normalized spacial score (nSPS) is 19.3. The van der Waals surface area contributed by atoms with Crippen LogP contribution in [0.25, 0.3) is 0 Å². The van der Waals surface area contributed by atoms with Gasteiger partial charge in [-0.1, -0.05) is 6.92 Å². The van der Waals surface area contributed by atoms with Gasteiger partial charge >= 0.3 is 51.4 Å². The van der Waals surface area contributed by atoms with Crippen molar-refractivity contribution >= 4 is 21.1 Å². The Morgan fingerprint density at radius 2 is 1.96 bits per heavy atom. The predicted molar refractivity (Wildman–Crippen MR) is 97.1 cm³/mol. The number of rotatable bonds is 9. The molecule has 0 saturated carbocycles. The van der Waals surface area contributed by atoms with Gasteiger partial charge < -0.3 is 14.5 Å². The van der Waals surface area contributed by atoms with Crippen molar-refractivity contribution in [2.45, 2.75) is 66.1 Å². The first kappa shape index (κ1) is 25.3. The van der Waals surface area contributed by atoms with E-state index < -0.39 is 0 Å². The van der Waals surface area contributed by atoms with E-state index in [1.807, 2.05) is 0 Å². The summed E-state index contributed by atoms with van der Waals surface area (Å²) < 4.78 is 21.1. The molecule has 1 heterocycles. The van der Waals surface area contributed by atoms with Crippen LogP contribution in [0, 0.1) is 20.8 Å². The summed E-state index contributed by atoms with van der Waals surface area (Å²) in [5, 5.41) is 12.8. The number of hydrogen-bond donors (Lipinski definition) is 0. The third kappa shape index (κ3) is 6.37. The van der Waals surface area contributed by atoms with Crippen LogP contribution >= 0.6 is 21.1 Å². The SMILES string of the molecule is CCC1(C)CCc2c(C)c(COPCOSOO[O-])c(C)c(C)c2O1.[K+]. The number of benzene rings is 1. The Bertz CT molecular complexity index is 603. The second kappa shape index (κ2) is 12.1. The Morgan fingerprint density at radius 3 is 2.62 bits per heavy atom. The molecule has 1 aliphatic heterocycles. The quantitative estimate of drug-likeness (QED) is 0.145. The van der Waals surface area contributed by atoms with Gasteiger partial charge in [-0.3, -0.25) is 9.22 Å². The van der Waals surface area contributed by atoms with E-state index in [1.165, 1.54) is 27.8 Å². The molecule has 0 N–H and O–H groups in total. The van der Waals surface area contributed by atoms with Crippen molar-refractivity contribution in [3.05, 3.63) is 27.8 Å². The zero-order chi connectivity index (χ0) is 18.4. The Balaban J connectivity index is 0.00000338. The van der Waals surface area contributed by atoms with E-state index in [0.29, 0.717) is 25.3 Å². The number of ether oxygens (including phenoxy) is 1. The molecular weight excluding hydrogens is 402 g/mol. The fraction of sp³-hybridized carbons (Fsp3) is 0.647. The predicted octanol–water partition coefficient (Wildman–Crippen LogP) is 0.980. The molecular formula is C17H26KO6PS. The van der Waals surface area contributed by atoms with Gasteiger partial charge in [-0.05, 0) is 74.8 Å². The Hall–Kier alpha value is 1.24. The maximum absolute atomic E-state index is 9.63. The monoisotopic (exact) mass is 428 g/mol. The molecule has 0 radical (unpaired) electrons. The summed E-state index contributed by atoms with van der Waals surface area (Å²) in [6, 6.07) is 0. The molecule has 142 valence electrons. The smallest absolute Gasteiger partial charge is 0.691 e. The number of hydrogen-bond acceptors (Lipinski definition) is 7. The third-order valence-corrected chi connectivity index (χ3v) is 6.22. The molecule has 0 spiro atoms. The van der Waals surface area contributed by atoms with Crippen LogP contribution in [0.5, 0.6) is 5.75 Å². The van der Waals surface area contributed by atoms with Crippen molar-refractivity contribution in [1.29, 1.82) is 0 Å². The maximum Gasteiger partial charge on any atom is 1.00 e. The van der Waals surface area contributed by atoms with Crippen molar-refractivity contribution in [2.24, 2.45) is 0 Å². The summed E-state index contributed by atoms with van der Waals surface area (Å²) in [6.45, 7) is 11.3. The summed E-state index contributed by atoms with van der Waals surface area (Å²) in [5.74, 6) is 1.06. The first-order chi connectivity index (χ1) is 11.9. The third-order valence-electron chi connectivity index (χ3n) is 5.08. The van der Waals surface area contributed by atoms with Crippen LogP contribution < -0.4 is 61.4 Å². The van der Waals surface area contributed by atoms with Crippen LogP contribution in [-0.4, -0.2) is 11.9 Å². The minimum atomic E-state index is -0.0685. The van der Waals surface area contributed by atoms with Crippen LogP contribution in [0.2, 0.25) is 0 Å². The molecule has 2 unspecified atom stereocenters. The summed E-state index contributed by atoms with van der Waals surface area (Å²) in [5.41, 5.74) is 6.15. The average molecular weight is 429 g/mol. The van der Waals surface area contributed by atoms with Gasteiger partial charge in [-0.25, -0.2) is 0 Å². The second-order valence-electron chi connectivity index (χ2n) is 6.47. The van der Waals surface area contributed by atoms with Crippen molar-refractivity contribution in [1.82, 2.24) is 0 Å². The number of fused-ring (bicyclic) bond motifs is 1. The molecule has 2 atom stereocenters. The standard InChI is InChI=1S/C17H27O6PS.K/c1-6-17(5)8-7-14-13(4)15(11(2)12(3)16(14)21-17)9-19-24-10-20-25-23-22-18;/h18,24H,6-10H2,1-5H3;/q;+1/p-1. The van der Waals surface area contributed by atoms with E-state index >= 15 is 0 Å². The molecule has 0 saturated heterocycles. The summed E-state index contributed by atoms with van der Waals surface area (Å²) in [7, 11) is 0.146. The van der Waals surface area contributed by atoms with Crippen molar-refractivity contribution in [3.63, 3.8) is 0 Å². The van der Waals surface area contributed by atoms with E-state index in [0.717, 1.165) is 25.0 Å². The zero-order valence-electron chi connectivity index (χ0n) is 16.4. The van der Waals surface area contributed by atoms with Crippen molar-refractivity contribution < 1.29 is 79.5 Å². The zero-order valence-corrected chi connectivity index (χ0v) is 21.3. The van der Waals surface area contributed by atoms with Crippen LogP contribution in [0.1, 0.15) is 54.5 Å². The molecule has 26 heavy (non-hydrogen) atoms. The molecule has 0 fully saturated rings. The van der Waals surface area contributed by atoms with Gasteiger partial charge in [0, 0.05) is 8.81 Å². The Kier molecular flexibility index (Phi) is 11.7. The van der Waals surface area contributed by atoms with Crippen LogP contribution in [-0.2, 0) is 31.1 Å². The molecule has 1 aromatic carbocycles. The molecule has 0 amide bonds. The molecule has 0 aliphatic carbocycles. The van der Waals surface area contributed by atoms with Gasteiger partial charge in [0.1, 0.15) is 17.7 Å². The maximum atomic E-state index is 9.63. The fourth-order valence-electron chi connectivity index (χ4n) is 3.09. The van der Waals surface area contributed by atoms with Crippen LogP contribution in [0.4, 0.5) is 0 Å². The van der Waals surface area contributed by atoms with Crippen molar-refractivity contribution in [2.75, 3.05) is 6.35 Å².